The normalized spacial score (nSPS) is 12.1. The van der Waals surface area contributed by atoms with E-state index < -0.39 is 0 Å². The van der Waals surface area contributed by atoms with Crippen LogP contribution in [-0.4, -0.2) is 23.4 Å². The number of para-hydroxylation sites is 1. The molecule has 4 heteroatoms. The third-order valence-corrected chi connectivity index (χ3v) is 3.82. The fourth-order valence-corrected chi connectivity index (χ4v) is 2.56. The quantitative estimate of drug-likeness (QED) is 0.769. The number of hydrogen-bond acceptors (Lipinski definition) is 3. The van der Waals surface area contributed by atoms with Crippen molar-refractivity contribution < 1.29 is 4.79 Å². The molecule has 0 saturated heterocycles. The SMILES string of the molecule is CCCN(Cc1cccc(N)c1)C(C)C(=O)Nc1ccccc1. The molecule has 0 aliphatic carbocycles. The Kier molecular flexibility index (Phi) is 6.18. The summed E-state index contributed by atoms with van der Waals surface area (Å²) in [5.74, 6) is 0.00792. The van der Waals surface area contributed by atoms with Crippen LogP contribution in [0.3, 0.4) is 0 Å². The molecule has 0 bridgehead atoms. The van der Waals surface area contributed by atoms with E-state index in [4.69, 9.17) is 5.73 Å². The van der Waals surface area contributed by atoms with Crippen LogP contribution in [0.2, 0.25) is 0 Å². The Labute approximate surface area is 138 Å². The first-order valence-electron chi connectivity index (χ1n) is 8.04. The molecule has 1 unspecified atom stereocenters. The van der Waals surface area contributed by atoms with Gasteiger partial charge in [-0.3, -0.25) is 9.69 Å². The second kappa shape index (κ2) is 8.34. The Balaban J connectivity index is 2.05. The minimum atomic E-state index is -0.211. The van der Waals surface area contributed by atoms with E-state index in [2.05, 4.69) is 17.1 Å². The molecule has 0 aliphatic rings. The summed E-state index contributed by atoms with van der Waals surface area (Å²) in [5, 5.41) is 2.97. The maximum absolute atomic E-state index is 12.5. The van der Waals surface area contributed by atoms with Crippen molar-refractivity contribution in [3.05, 3.63) is 60.2 Å². The third-order valence-electron chi connectivity index (χ3n) is 3.82. The van der Waals surface area contributed by atoms with Crippen LogP contribution in [0.1, 0.15) is 25.8 Å². The van der Waals surface area contributed by atoms with E-state index in [1.807, 2.05) is 61.5 Å². The molecular formula is C19H25N3O. The Morgan fingerprint density at radius 2 is 1.91 bits per heavy atom. The summed E-state index contributed by atoms with van der Waals surface area (Å²) < 4.78 is 0. The minimum Gasteiger partial charge on any atom is -0.399 e. The number of carbonyl (C=O) groups excluding carboxylic acids is 1. The number of nitrogen functional groups attached to an aromatic ring is 1. The molecule has 1 atom stereocenters. The molecule has 23 heavy (non-hydrogen) atoms. The first-order chi connectivity index (χ1) is 11.1. The first kappa shape index (κ1) is 17.0. The van der Waals surface area contributed by atoms with Crippen molar-refractivity contribution >= 4 is 17.3 Å². The molecule has 1 amide bonds. The summed E-state index contributed by atoms with van der Waals surface area (Å²) in [6.45, 7) is 5.63. The predicted molar refractivity (Wildman–Crippen MR) is 96.1 cm³/mol. The van der Waals surface area contributed by atoms with Gasteiger partial charge in [0.15, 0.2) is 0 Å². The average Bonchev–Trinajstić information content (AvgIpc) is 2.55. The van der Waals surface area contributed by atoms with Gasteiger partial charge in [0.2, 0.25) is 5.91 Å². The highest BCUT2D eigenvalue weighted by atomic mass is 16.2. The molecule has 0 radical (unpaired) electrons. The van der Waals surface area contributed by atoms with Gasteiger partial charge in [-0.15, -0.1) is 0 Å². The summed E-state index contributed by atoms with van der Waals surface area (Å²) in [6, 6.07) is 17.2. The van der Waals surface area contributed by atoms with Crippen molar-refractivity contribution in [3.63, 3.8) is 0 Å². The molecule has 0 spiro atoms. The largest absolute Gasteiger partial charge is 0.399 e. The lowest BCUT2D eigenvalue weighted by molar-refractivity contribution is -0.121. The zero-order chi connectivity index (χ0) is 16.7. The maximum Gasteiger partial charge on any atom is 0.241 e. The lowest BCUT2D eigenvalue weighted by atomic mass is 10.1. The zero-order valence-corrected chi connectivity index (χ0v) is 13.8. The summed E-state index contributed by atoms with van der Waals surface area (Å²) in [7, 11) is 0. The molecule has 0 heterocycles. The topological polar surface area (TPSA) is 58.4 Å². The van der Waals surface area contributed by atoms with Crippen LogP contribution in [0.4, 0.5) is 11.4 Å². The monoisotopic (exact) mass is 311 g/mol. The Morgan fingerprint density at radius 1 is 1.17 bits per heavy atom. The molecule has 0 saturated carbocycles. The van der Waals surface area contributed by atoms with Crippen molar-refractivity contribution in [2.75, 3.05) is 17.6 Å². The first-order valence-corrected chi connectivity index (χ1v) is 8.04. The van der Waals surface area contributed by atoms with E-state index in [0.29, 0.717) is 6.54 Å². The lowest BCUT2D eigenvalue weighted by Crippen LogP contribution is -2.42. The van der Waals surface area contributed by atoms with Crippen LogP contribution in [0.15, 0.2) is 54.6 Å². The van der Waals surface area contributed by atoms with E-state index in [1.54, 1.807) is 0 Å². The number of nitrogens with two attached hydrogens (primary N) is 1. The highest BCUT2D eigenvalue weighted by molar-refractivity contribution is 5.94. The predicted octanol–water partition coefficient (Wildman–Crippen LogP) is 3.51. The van der Waals surface area contributed by atoms with Gasteiger partial charge in [-0.2, -0.15) is 0 Å². The fraction of sp³-hybridized carbons (Fsp3) is 0.316. The second-order valence-electron chi connectivity index (χ2n) is 5.75. The molecule has 2 rings (SSSR count). The van der Waals surface area contributed by atoms with Gasteiger partial charge in [-0.1, -0.05) is 37.3 Å². The van der Waals surface area contributed by atoms with Crippen molar-refractivity contribution in [1.29, 1.82) is 0 Å². The van der Waals surface area contributed by atoms with Gasteiger partial charge >= 0.3 is 0 Å². The van der Waals surface area contributed by atoms with Crippen molar-refractivity contribution in [2.45, 2.75) is 32.9 Å². The lowest BCUT2D eigenvalue weighted by Gasteiger charge is -2.28. The van der Waals surface area contributed by atoms with Gasteiger partial charge < -0.3 is 11.1 Å². The number of amides is 1. The van der Waals surface area contributed by atoms with Crippen LogP contribution in [0, 0.1) is 0 Å². The number of hydrogen-bond donors (Lipinski definition) is 2. The molecule has 0 aliphatic heterocycles. The zero-order valence-electron chi connectivity index (χ0n) is 13.8. The Hall–Kier alpha value is -2.33. The fourth-order valence-electron chi connectivity index (χ4n) is 2.56. The number of benzene rings is 2. The minimum absolute atomic E-state index is 0.00792. The van der Waals surface area contributed by atoms with E-state index in [-0.39, 0.29) is 11.9 Å². The van der Waals surface area contributed by atoms with E-state index in [9.17, 15) is 4.79 Å². The summed E-state index contributed by atoms with van der Waals surface area (Å²) >= 11 is 0. The van der Waals surface area contributed by atoms with Crippen LogP contribution >= 0.6 is 0 Å². The van der Waals surface area contributed by atoms with Crippen molar-refractivity contribution in [1.82, 2.24) is 4.90 Å². The van der Waals surface area contributed by atoms with E-state index in [0.717, 1.165) is 29.9 Å². The molecule has 122 valence electrons. The molecule has 2 aromatic rings. The number of carbonyl (C=O) groups is 1. The van der Waals surface area contributed by atoms with Crippen LogP contribution in [0.5, 0.6) is 0 Å². The smallest absolute Gasteiger partial charge is 0.241 e. The number of rotatable bonds is 7. The summed E-state index contributed by atoms with van der Waals surface area (Å²) in [4.78, 5) is 14.7. The molecular weight excluding hydrogens is 286 g/mol. The number of nitrogens with zero attached hydrogens (tertiary/aromatic N) is 1. The molecule has 3 N–H and O–H groups in total. The summed E-state index contributed by atoms with van der Waals surface area (Å²) in [6.07, 6.45) is 0.991. The molecule has 2 aromatic carbocycles. The highest BCUT2D eigenvalue weighted by Crippen LogP contribution is 2.14. The summed E-state index contributed by atoms with van der Waals surface area (Å²) in [5.41, 5.74) is 8.55. The maximum atomic E-state index is 12.5. The Bertz CT molecular complexity index is 628. The Morgan fingerprint density at radius 3 is 2.57 bits per heavy atom. The number of anilines is 2. The third kappa shape index (κ3) is 5.11. The highest BCUT2D eigenvalue weighted by Gasteiger charge is 2.21. The second-order valence-corrected chi connectivity index (χ2v) is 5.75. The standard InChI is InChI=1S/C19H25N3O/c1-3-12-22(14-16-8-7-9-17(20)13-16)15(2)19(23)21-18-10-5-4-6-11-18/h4-11,13,15H,3,12,14,20H2,1-2H3,(H,21,23). The van der Waals surface area contributed by atoms with Crippen molar-refractivity contribution in [2.24, 2.45) is 0 Å². The van der Waals surface area contributed by atoms with Gasteiger partial charge in [0, 0.05) is 17.9 Å². The van der Waals surface area contributed by atoms with E-state index >= 15 is 0 Å². The van der Waals surface area contributed by atoms with Crippen LogP contribution in [0.25, 0.3) is 0 Å². The van der Waals surface area contributed by atoms with Gasteiger partial charge in [0.1, 0.15) is 0 Å². The average molecular weight is 311 g/mol. The van der Waals surface area contributed by atoms with E-state index in [1.165, 1.54) is 0 Å². The van der Waals surface area contributed by atoms with Gasteiger partial charge in [-0.05, 0) is 49.7 Å². The van der Waals surface area contributed by atoms with Crippen molar-refractivity contribution in [3.8, 4) is 0 Å². The molecule has 4 nitrogen and oxygen atoms in total. The molecule has 0 fully saturated rings. The van der Waals surface area contributed by atoms with Crippen LogP contribution in [-0.2, 0) is 11.3 Å². The van der Waals surface area contributed by atoms with Gasteiger partial charge in [0.05, 0.1) is 6.04 Å². The van der Waals surface area contributed by atoms with Crippen LogP contribution < -0.4 is 11.1 Å². The van der Waals surface area contributed by atoms with Gasteiger partial charge in [0.25, 0.3) is 0 Å². The molecule has 0 aromatic heterocycles. The van der Waals surface area contributed by atoms with Gasteiger partial charge in [-0.25, -0.2) is 0 Å². The number of nitrogens with one attached hydrogen (secondary N) is 1.